The van der Waals surface area contributed by atoms with Crippen LogP contribution in [0.25, 0.3) is 32.2 Å². The summed E-state index contributed by atoms with van der Waals surface area (Å²) in [5, 5.41) is 12.7. The van der Waals surface area contributed by atoms with Gasteiger partial charge in [0.1, 0.15) is 5.01 Å². The highest BCUT2D eigenvalue weighted by atomic mass is 32.2. The van der Waals surface area contributed by atoms with Gasteiger partial charge in [0.05, 0.1) is 16.0 Å². The van der Waals surface area contributed by atoms with Crippen molar-refractivity contribution in [1.82, 2.24) is 19.9 Å². The smallest absolute Gasteiger partial charge is 0.234 e. The first-order valence-electron chi connectivity index (χ1n) is 10.6. The predicted octanol–water partition coefficient (Wildman–Crippen LogP) is 5.28. The SMILES string of the molecule is Cc1ccc2nc(-c3ccc(NC(=O)CSc4nnc(-c5ccccc5C)n4N)cc3)sc2c1. The van der Waals surface area contributed by atoms with Crippen molar-refractivity contribution in [2.45, 2.75) is 19.0 Å². The molecule has 34 heavy (non-hydrogen) atoms. The van der Waals surface area contributed by atoms with Crippen LogP contribution in [-0.4, -0.2) is 31.5 Å². The van der Waals surface area contributed by atoms with Crippen LogP contribution in [0.1, 0.15) is 11.1 Å². The Morgan fingerprint density at radius 1 is 1.06 bits per heavy atom. The van der Waals surface area contributed by atoms with Crippen molar-refractivity contribution in [3.05, 3.63) is 77.9 Å². The lowest BCUT2D eigenvalue weighted by Crippen LogP contribution is -2.16. The molecule has 3 aromatic carbocycles. The molecule has 0 saturated carbocycles. The lowest BCUT2D eigenvalue weighted by atomic mass is 10.1. The number of rotatable bonds is 6. The molecule has 7 nitrogen and oxygen atoms in total. The van der Waals surface area contributed by atoms with Gasteiger partial charge in [-0.25, -0.2) is 9.66 Å². The van der Waals surface area contributed by atoms with E-state index in [4.69, 9.17) is 10.8 Å². The summed E-state index contributed by atoms with van der Waals surface area (Å²) in [6, 6.07) is 21.8. The number of thiazole rings is 1. The van der Waals surface area contributed by atoms with Crippen molar-refractivity contribution in [2.24, 2.45) is 0 Å². The Labute approximate surface area is 205 Å². The first-order chi connectivity index (χ1) is 16.5. The highest BCUT2D eigenvalue weighted by Crippen LogP contribution is 2.31. The molecule has 9 heteroatoms. The first kappa shape index (κ1) is 22.1. The van der Waals surface area contributed by atoms with E-state index < -0.39 is 0 Å². The number of nitrogens with zero attached hydrogens (tertiary/aromatic N) is 4. The average Bonchev–Trinajstić information content (AvgIpc) is 3.41. The highest BCUT2D eigenvalue weighted by Gasteiger charge is 2.15. The normalized spacial score (nSPS) is 11.1. The molecule has 2 aromatic heterocycles. The third-order valence-electron chi connectivity index (χ3n) is 5.34. The fourth-order valence-electron chi connectivity index (χ4n) is 3.56. The fraction of sp³-hybridized carbons (Fsp3) is 0.120. The van der Waals surface area contributed by atoms with Crippen LogP contribution in [0, 0.1) is 13.8 Å². The van der Waals surface area contributed by atoms with Gasteiger partial charge in [-0.05, 0) is 61.4 Å². The molecule has 170 valence electrons. The van der Waals surface area contributed by atoms with Crippen molar-refractivity contribution in [3.63, 3.8) is 0 Å². The summed E-state index contributed by atoms with van der Waals surface area (Å²) >= 11 is 2.91. The van der Waals surface area contributed by atoms with Gasteiger partial charge in [-0.1, -0.05) is 42.1 Å². The second-order valence-corrected chi connectivity index (χ2v) is 9.87. The molecular weight excluding hydrogens is 464 g/mol. The lowest BCUT2D eigenvalue weighted by Gasteiger charge is -2.07. The number of fused-ring (bicyclic) bond motifs is 1. The molecule has 0 bridgehead atoms. The predicted molar refractivity (Wildman–Crippen MR) is 139 cm³/mol. The average molecular weight is 487 g/mol. The molecule has 0 saturated heterocycles. The maximum absolute atomic E-state index is 12.5. The van der Waals surface area contributed by atoms with Crippen molar-refractivity contribution >= 4 is 44.9 Å². The second-order valence-electron chi connectivity index (χ2n) is 7.90. The summed E-state index contributed by atoms with van der Waals surface area (Å²) in [6.45, 7) is 4.07. The molecule has 2 heterocycles. The number of aromatic nitrogens is 4. The van der Waals surface area contributed by atoms with Gasteiger partial charge >= 0.3 is 0 Å². The Morgan fingerprint density at radius 3 is 2.65 bits per heavy atom. The number of hydrogen-bond acceptors (Lipinski definition) is 7. The third kappa shape index (κ3) is 4.52. The molecule has 1 amide bonds. The molecule has 0 aliphatic heterocycles. The van der Waals surface area contributed by atoms with Gasteiger partial charge < -0.3 is 11.2 Å². The summed E-state index contributed by atoms with van der Waals surface area (Å²) in [4.78, 5) is 17.2. The number of thioether (sulfide) groups is 1. The van der Waals surface area contributed by atoms with Gasteiger partial charge in [0.15, 0.2) is 5.82 Å². The highest BCUT2D eigenvalue weighted by molar-refractivity contribution is 7.99. The molecule has 0 atom stereocenters. The van der Waals surface area contributed by atoms with Gasteiger partial charge in [0, 0.05) is 16.8 Å². The standard InChI is InChI=1S/C25H22N6OS2/c1-15-7-12-20-21(13-15)34-24(28-20)17-8-10-18(11-9-17)27-22(32)14-33-25-30-29-23(31(25)26)19-6-4-3-5-16(19)2/h3-13H,14,26H2,1-2H3,(H,27,32). The largest absolute Gasteiger partial charge is 0.335 e. The number of carbonyl (C=O) groups excluding carboxylic acids is 1. The van der Waals surface area contributed by atoms with E-state index in [2.05, 4.69) is 34.6 Å². The van der Waals surface area contributed by atoms with E-state index in [0.29, 0.717) is 11.0 Å². The van der Waals surface area contributed by atoms with Crippen molar-refractivity contribution in [3.8, 4) is 22.0 Å². The molecule has 0 spiro atoms. The number of carbonyl (C=O) groups is 1. The number of hydrogen-bond donors (Lipinski definition) is 2. The van der Waals surface area contributed by atoms with Gasteiger partial charge in [-0.2, -0.15) is 0 Å². The summed E-state index contributed by atoms with van der Waals surface area (Å²) in [6.07, 6.45) is 0. The number of amides is 1. The van der Waals surface area contributed by atoms with E-state index in [-0.39, 0.29) is 11.7 Å². The lowest BCUT2D eigenvalue weighted by molar-refractivity contribution is -0.113. The minimum absolute atomic E-state index is 0.145. The van der Waals surface area contributed by atoms with E-state index in [1.807, 2.05) is 61.5 Å². The van der Waals surface area contributed by atoms with Gasteiger partial charge in [0.25, 0.3) is 0 Å². The van der Waals surface area contributed by atoms with Crippen molar-refractivity contribution in [1.29, 1.82) is 0 Å². The van der Waals surface area contributed by atoms with Crippen LogP contribution in [-0.2, 0) is 4.79 Å². The second kappa shape index (κ2) is 9.28. The molecule has 0 unspecified atom stereocenters. The van der Waals surface area contributed by atoms with E-state index >= 15 is 0 Å². The summed E-state index contributed by atoms with van der Waals surface area (Å²) in [5.41, 5.74) is 5.93. The van der Waals surface area contributed by atoms with Crippen LogP contribution in [0.4, 0.5) is 5.69 Å². The Morgan fingerprint density at radius 2 is 1.85 bits per heavy atom. The van der Waals surface area contributed by atoms with Crippen LogP contribution >= 0.6 is 23.1 Å². The van der Waals surface area contributed by atoms with Gasteiger partial charge in [-0.3, -0.25) is 4.79 Å². The number of nitrogen functional groups attached to an aromatic ring is 1. The monoisotopic (exact) mass is 486 g/mol. The zero-order chi connectivity index (χ0) is 23.7. The molecule has 0 fully saturated rings. The molecule has 0 radical (unpaired) electrons. The molecular formula is C25H22N6OS2. The number of nitrogens with two attached hydrogens (primary N) is 1. The summed E-state index contributed by atoms with van der Waals surface area (Å²) in [7, 11) is 0. The Bertz CT molecular complexity index is 1490. The van der Waals surface area contributed by atoms with Gasteiger partial charge in [-0.15, -0.1) is 21.5 Å². The molecule has 5 aromatic rings. The quantitative estimate of drug-likeness (QED) is 0.250. The fourth-order valence-corrected chi connectivity index (χ4v) is 5.29. The van der Waals surface area contributed by atoms with Crippen LogP contribution in [0.5, 0.6) is 0 Å². The number of aryl methyl sites for hydroxylation is 2. The minimum atomic E-state index is -0.145. The maximum Gasteiger partial charge on any atom is 0.234 e. The molecule has 3 N–H and O–H groups in total. The first-order valence-corrected chi connectivity index (χ1v) is 12.4. The van der Waals surface area contributed by atoms with E-state index in [1.54, 1.807) is 11.3 Å². The van der Waals surface area contributed by atoms with Crippen LogP contribution in [0.15, 0.2) is 71.9 Å². The number of nitrogens with one attached hydrogen (secondary N) is 1. The minimum Gasteiger partial charge on any atom is -0.335 e. The summed E-state index contributed by atoms with van der Waals surface area (Å²) in [5.74, 6) is 6.78. The van der Waals surface area contributed by atoms with Crippen LogP contribution < -0.4 is 11.2 Å². The Hall–Kier alpha value is -3.69. The molecule has 0 aliphatic rings. The van der Waals surface area contributed by atoms with E-state index in [0.717, 1.165) is 32.9 Å². The van der Waals surface area contributed by atoms with Gasteiger partial charge in [0.2, 0.25) is 11.1 Å². The van der Waals surface area contributed by atoms with E-state index in [9.17, 15) is 4.79 Å². The maximum atomic E-state index is 12.5. The van der Waals surface area contributed by atoms with Crippen LogP contribution in [0.2, 0.25) is 0 Å². The summed E-state index contributed by atoms with van der Waals surface area (Å²) < 4.78 is 2.59. The number of benzene rings is 3. The Balaban J connectivity index is 1.22. The molecule has 0 aliphatic carbocycles. The van der Waals surface area contributed by atoms with Crippen molar-refractivity contribution < 1.29 is 4.79 Å². The Kier molecular flexibility index (Phi) is 6.04. The zero-order valence-corrected chi connectivity index (χ0v) is 20.3. The zero-order valence-electron chi connectivity index (χ0n) is 18.6. The number of anilines is 1. The van der Waals surface area contributed by atoms with E-state index in [1.165, 1.54) is 26.7 Å². The molecule has 5 rings (SSSR count). The van der Waals surface area contributed by atoms with Crippen molar-refractivity contribution in [2.75, 3.05) is 16.9 Å². The van der Waals surface area contributed by atoms with Crippen LogP contribution in [0.3, 0.4) is 0 Å². The topological polar surface area (TPSA) is 98.7 Å². The third-order valence-corrected chi connectivity index (χ3v) is 7.35.